The van der Waals surface area contributed by atoms with E-state index < -0.39 is 65.8 Å². The molecule has 2 fully saturated rings. The Kier molecular flexibility index (Phi) is 7.58. The van der Waals surface area contributed by atoms with Crippen molar-refractivity contribution in [3.05, 3.63) is 52.7 Å². The fourth-order valence-corrected chi connectivity index (χ4v) is 5.11. The van der Waals surface area contributed by atoms with Crippen molar-refractivity contribution in [2.24, 2.45) is 12.8 Å². The van der Waals surface area contributed by atoms with E-state index in [0.29, 0.717) is 4.68 Å². The summed E-state index contributed by atoms with van der Waals surface area (Å²) in [5, 5.41) is 8.57. The molecule has 1 saturated carbocycles. The van der Waals surface area contributed by atoms with Gasteiger partial charge in [-0.1, -0.05) is 11.6 Å². The van der Waals surface area contributed by atoms with Crippen LogP contribution in [0.4, 0.5) is 32.4 Å². The van der Waals surface area contributed by atoms with Gasteiger partial charge in [-0.3, -0.25) is 14.3 Å². The minimum atomic E-state index is -4.95. The summed E-state index contributed by atoms with van der Waals surface area (Å²) in [6, 6.07) is 1.31. The summed E-state index contributed by atoms with van der Waals surface area (Å²) in [5.74, 6) is -4.84. The third-order valence-corrected chi connectivity index (χ3v) is 7.56. The highest BCUT2D eigenvalue weighted by Gasteiger charge is 2.59. The van der Waals surface area contributed by atoms with Gasteiger partial charge in [0.2, 0.25) is 0 Å². The average Bonchev–Trinajstić information content (AvgIpc) is 3.32. The van der Waals surface area contributed by atoms with E-state index in [2.05, 4.69) is 20.7 Å². The molecule has 18 heteroatoms. The second kappa shape index (κ2) is 10.8. The number of anilines is 1. The van der Waals surface area contributed by atoms with Gasteiger partial charge in [0.1, 0.15) is 6.04 Å². The van der Waals surface area contributed by atoms with Crippen LogP contribution in [0.15, 0.2) is 30.6 Å². The number of likely N-dealkylation sites (tertiary alicyclic amines) is 1. The lowest BCUT2D eigenvalue weighted by Gasteiger charge is -2.18. The third kappa shape index (κ3) is 5.86. The summed E-state index contributed by atoms with van der Waals surface area (Å²) in [6.45, 7) is 0.329. The van der Waals surface area contributed by atoms with Gasteiger partial charge in [-0.15, -0.1) is 0 Å². The second-order valence-electron chi connectivity index (χ2n) is 10.1. The molecule has 1 aliphatic heterocycles. The van der Waals surface area contributed by atoms with Gasteiger partial charge in [0.15, 0.2) is 11.5 Å². The summed E-state index contributed by atoms with van der Waals surface area (Å²) < 4.78 is 75.1. The lowest BCUT2D eigenvalue weighted by molar-refractivity contribution is -0.141. The Labute approximate surface area is 244 Å². The first kappa shape index (κ1) is 30.2. The molecule has 0 radical (unpaired) electrons. The van der Waals surface area contributed by atoms with Crippen LogP contribution in [0.5, 0.6) is 0 Å². The molecule has 3 heterocycles. The number of benzene rings is 1. The number of ether oxygens (including phenoxy) is 1. The van der Waals surface area contributed by atoms with E-state index in [4.69, 9.17) is 22.1 Å². The van der Waals surface area contributed by atoms with E-state index in [1.165, 1.54) is 37.3 Å². The van der Waals surface area contributed by atoms with Gasteiger partial charge in [0.05, 0.1) is 46.7 Å². The number of carbonyl (C=O) groups is 3. The molecule has 43 heavy (non-hydrogen) atoms. The van der Waals surface area contributed by atoms with E-state index in [0.717, 1.165) is 17.0 Å². The predicted octanol–water partition coefficient (Wildman–Crippen LogP) is 3.30. The van der Waals surface area contributed by atoms with Crippen molar-refractivity contribution in [3.8, 4) is 11.3 Å². The monoisotopic (exact) mass is 630 g/mol. The highest BCUT2D eigenvalue weighted by molar-refractivity contribution is 6.34. The standard InChI is InChI=1S/C25H24ClF5N8O4/c1-37-16(13-8-39(18-6-24(18,27)28)36-19(13)25(29,30)31)7-33-20(37)22(41)34-11-3-4-12(14(26)5-11)21(40)35-15-9-38(23(32)42)10-17(15)43-2/h3-5,7-8,15,17-18H,6,9-10H2,1-2H3,(H2,32,42)(H,34,41)(H,35,40). The van der Waals surface area contributed by atoms with Crippen molar-refractivity contribution < 1.29 is 41.1 Å². The molecule has 3 unspecified atom stereocenters. The van der Waals surface area contributed by atoms with Gasteiger partial charge >= 0.3 is 12.2 Å². The molecule has 4 amide bonds. The number of aromatic nitrogens is 4. The predicted molar refractivity (Wildman–Crippen MR) is 141 cm³/mol. The van der Waals surface area contributed by atoms with Crippen LogP contribution in [0, 0.1) is 0 Å². The lowest BCUT2D eigenvalue weighted by atomic mass is 10.1. The number of nitrogens with zero attached hydrogens (tertiary/aromatic N) is 5. The van der Waals surface area contributed by atoms with Crippen LogP contribution in [0.25, 0.3) is 11.3 Å². The first-order valence-electron chi connectivity index (χ1n) is 12.7. The van der Waals surface area contributed by atoms with E-state index in [-0.39, 0.29) is 40.9 Å². The van der Waals surface area contributed by atoms with Crippen LogP contribution in [0.2, 0.25) is 5.02 Å². The van der Waals surface area contributed by atoms with Crippen molar-refractivity contribution in [1.29, 1.82) is 0 Å². The smallest absolute Gasteiger partial charge is 0.377 e. The SMILES string of the molecule is COC1CN(C(N)=O)CC1NC(=O)c1ccc(NC(=O)c2ncc(-c3cn(C4CC4(F)F)nc3C(F)(F)F)n2C)cc1Cl. The number of nitrogens with one attached hydrogen (secondary N) is 2. The summed E-state index contributed by atoms with van der Waals surface area (Å²) >= 11 is 6.30. The second-order valence-corrected chi connectivity index (χ2v) is 10.5. The number of carbonyl (C=O) groups excluding carboxylic acids is 3. The van der Waals surface area contributed by atoms with E-state index >= 15 is 0 Å². The minimum absolute atomic E-state index is 0.0336. The number of nitrogens with two attached hydrogens (primary N) is 1. The first-order valence-corrected chi connectivity index (χ1v) is 13.0. The molecule has 3 aromatic rings. The number of amides is 4. The third-order valence-electron chi connectivity index (χ3n) is 7.25. The molecule has 12 nitrogen and oxygen atoms in total. The number of rotatable bonds is 7. The molecule has 5 rings (SSSR count). The summed E-state index contributed by atoms with van der Waals surface area (Å²) in [4.78, 5) is 42.6. The quantitative estimate of drug-likeness (QED) is 0.341. The molecule has 230 valence electrons. The molecule has 0 spiro atoms. The Morgan fingerprint density at radius 3 is 2.47 bits per heavy atom. The Bertz CT molecular complexity index is 1610. The van der Waals surface area contributed by atoms with Gasteiger partial charge < -0.3 is 30.6 Å². The number of imidazole rings is 1. The van der Waals surface area contributed by atoms with Crippen LogP contribution >= 0.6 is 11.6 Å². The zero-order valence-electron chi connectivity index (χ0n) is 22.5. The number of hydrogen-bond acceptors (Lipinski definition) is 6. The number of hydrogen-bond donors (Lipinski definition) is 3. The zero-order valence-corrected chi connectivity index (χ0v) is 23.2. The van der Waals surface area contributed by atoms with Gasteiger partial charge in [0.25, 0.3) is 17.7 Å². The molecule has 2 aromatic heterocycles. The van der Waals surface area contributed by atoms with Crippen molar-refractivity contribution in [3.63, 3.8) is 0 Å². The van der Waals surface area contributed by atoms with E-state index in [1.807, 2.05) is 0 Å². The van der Waals surface area contributed by atoms with Crippen LogP contribution in [0.1, 0.15) is 39.1 Å². The molecular formula is C25H24ClF5N8O4. The Morgan fingerprint density at radius 2 is 1.88 bits per heavy atom. The first-order chi connectivity index (χ1) is 20.1. The molecule has 0 bridgehead atoms. The van der Waals surface area contributed by atoms with Gasteiger partial charge in [-0.05, 0) is 18.2 Å². The Hall–Kier alpha value is -4.25. The molecule has 1 saturated heterocycles. The van der Waals surface area contributed by atoms with Crippen molar-refractivity contribution >= 4 is 35.1 Å². The fraction of sp³-hybridized carbons (Fsp3) is 0.400. The summed E-state index contributed by atoms with van der Waals surface area (Å²) in [5.41, 5.74) is 3.44. The summed E-state index contributed by atoms with van der Waals surface area (Å²) in [7, 11) is 2.72. The molecule has 1 aromatic carbocycles. The van der Waals surface area contributed by atoms with E-state index in [1.54, 1.807) is 0 Å². The number of halogens is 6. The maximum absolute atomic E-state index is 13.7. The molecule has 4 N–H and O–H groups in total. The highest BCUT2D eigenvalue weighted by Crippen LogP contribution is 2.53. The van der Waals surface area contributed by atoms with Crippen LogP contribution in [-0.2, 0) is 18.0 Å². The minimum Gasteiger partial charge on any atom is -0.377 e. The molecule has 2 aliphatic rings. The van der Waals surface area contributed by atoms with Crippen LogP contribution < -0.4 is 16.4 Å². The van der Waals surface area contributed by atoms with Gasteiger partial charge in [0, 0.05) is 39.0 Å². The Morgan fingerprint density at radius 1 is 1.19 bits per heavy atom. The lowest BCUT2D eigenvalue weighted by Crippen LogP contribution is -2.44. The van der Waals surface area contributed by atoms with Gasteiger partial charge in [-0.2, -0.15) is 18.3 Å². The van der Waals surface area contributed by atoms with Crippen LogP contribution in [-0.4, -0.2) is 80.3 Å². The normalized spacial score (nSPS) is 21.1. The number of primary amides is 1. The van der Waals surface area contributed by atoms with Crippen molar-refractivity contribution in [1.82, 2.24) is 29.5 Å². The van der Waals surface area contributed by atoms with Crippen molar-refractivity contribution in [2.75, 3.05) is 25.5 Å². The number of methoxy groups -OCH3 is 1. The highest BCUT2D eigenvalue weighted by atomic mass is 35.5. The van der Waals surface area contributed by atoms with Crippen molar-refractivity contribution in [2.45, 2.75) is 36.7 Å². The molecule has 3 atom stereocenters. The maximum atomic E-state index is 13.7. The van der Waals surface area contributed by atoms with Gasteiger partial charge in [-0.25, -0.2) is 18.6 Å². The molecular weight excluding hydrogens is 607 g/mol. The summed E-state index contributed by atoms with van der Waals surface area (Å²) in [6.07, 6.45) is -4.20. The topological polar surface area (TPSA) is 149 Å². The Balaban J connectivity index is 1.31. The number of alkyl halides is 5. The largest absolute Gasteiger partial charge is 0.435 e. The average molecular weight is 631 g/mol. The van der Waals surface area contributed by atoms with E-state index in [9.17, 15) is 36.3 Å². The maximum Gasteiger partial charge on any atom is 0.435 e. The fourth-order valence-electron chi connectivity index (χ4n) is 4.85. The number of urea groups is 1. The van der Waals surface area contributed by atoms with Crippen LogP contribution in [0.3, 0.4) is 0 Å². The molecule has 1 aliphatic carbocycles. The zero-order chi connectivity index (χ0) is 31.4.